The van der Waals surface area contributed by atoms with Gasteiger partial charge >= 0.3 is 0 Å². The van der Waals surface area contributed by atoms with Gasteiger partial charge in [-0.05, 0) is 62.9 Å². The molecular formula is C24H29N3OS. The van der Waals surface area contributed by atoms with Crippen LogP contribution < -0.4 is 0 Å². The van der Waals surface area contributed by atoms with Gasteiger partial charge in [0.15, 0.2) is 0 Å². The highest BCUT2D eigenvalue weighted by Crippen LogP contribution is 2.29. The standard InChI is InChI=1S/C24H29N3OS/c1-18(24-25-21-10-6-7-11-22(21)29-24)26(2)23(28)17-27-14-12-20(13-15-27)16-19-8-4-3-5-9-19/h3-11,18,20H,12-17H2,1-2H3/t18-/m0/s1. The van der Waals surface area contributed by atoms with Crippen LogP contribution in [0.25, 0.3) is 10.2 Å². The van der Waals surface area contributed by atoms with E-state index < -0.39 is 0 Å². The van der Waals surface area contributed by atoms with Gasteiger partial charge in [0.2, 0.25) is 5.91 Å². The lowest BCUT2D eigenvalue weighted by Gasteiger charge is -2.33. The van der Waals surface area contributed by atoms with Crippen LogP contribution in [0.15, 0.2) is 54.6 Å². The first-order valence-electron chi connectivity index (χ1n) is 10.5. The molecule has 1 atom stereocenters. The third-order valence-corrected chi connectivity index (χ3v) is 7.28. The van der Waals surface area contributed by atoms with Gasteiger partial charge in [0.05, 0.1) is 22.8 Å². The van der Waals surface area contributed by atoms with Crippen LogP contribution >= 0.6 is 11.3 Å². The van der Waals surface area contributed by atoms with Crippen molar-refractivity contribution in [1.29, 1.82) is 0 Å². The fourth-order valence-electron chi connectivity index (χ4n) is 4.05. The molecule has 0 radical (unpaired) electrons. The van der Waals surface area contributed by atoms with E-state index in [0.717, 1.165) is 36.0 Å². The Hall–Kier alpha value is -2.24. The fraction of sp³-hybridized carbons (Fsp3) is 0.417. The minimum atomic E-state index is -0.00415. The minimum Gasteiger partial charge on any atom is -0.335 e. The number of hydrogen-bond donors (Lipinski definition) is 0. The molecule has 4 rings (SSSR count). The number of fused-ring (bicyclic) bond motifs is 1. The maximum Gasteiger partial charge on any atom is 0.237 e. The average Bonchev–Trinajstić information content (AvgIpc) is 3.19. The molecule has 2 heterocycles. The van der Waals surface area contributed by atoms with Crippen molar-refractivity contribution < 1.29 is 4.79 Å². The quantitative estimate of drug-likeness (QED) is 0.590. The molecule has 0 N–H and O–H groups in total. The van der Waals surface area contributed by atoms with Crippen molar-refractivity contribution in [2.45, 2.75) is 32.2 Å². The molecule has 0 aliphatic carbocycles. The Morgan fingerprint density at radius 1 is 1.14 bits per heavy atom. The molecule has 1 amide bonds. The second-order valence-electron chi connectivity index (χ2n) is 8.11. The number of carbonyl (C=O) groups is 1. The first-order valence-corrected chi connectivity index (χ1v) is 11.3. The van der Waals surface area contributed by atoms with Crippen LogP contribution in [0.5, 0.6) is 0 Å². The normalized spacial score (nSPS) is 16.8. The number of hydrogen-bond acceptors (Lipinski definition) is 4. The lowest BCUT2D eigenvalue weighted by atomic mass is 9.90. The molecule has 0 spiro atoms. The van der Waals surface area contributed by atoms with Gasteiger partial charge in [0.1, 0.15) is 5.01 Å². The number of para-hydroxylation sites is 1. The summed E-state index contributed by atoms with van der Waals surface area (Å²) in [5, 5.41) is 1.00. The van der Waals surface area contributed by atoms with Gasteiger partial charge in [-0.25, -0.2) is 4.98 Å². The summed E-state index contributed by atoms with van der Waals surface area (Å²) < 4.78 is 1.18. The third-order valence-electron chi connectivity index (χ3n) is 6.08. The van der Waals surface area contributed by atoms with E-state index >= 15 is 0 Å². The highest BCUT2D eigenvalue weighted by atomic mass is 32.1. The number of rotatable bonds is 6. The van der Waals surface area contributed by atoms with Crippen molar-refractivity contribution in [3.05, 3.63) is 65.2 Å². The van der Waals surface area contributed by atoms with E-state index in [2.05, 4.69) is 48.2 Å². The van der Waals surface area contributed by atoms with Gasteiger partial charge in [0, 0.05) is 7.05 Å². The number of amides is 1. The summed E-state index contributed by atoms with van der Waals surface area (Å²) in [6.07, 6.45) is 3.48. The zero-order valence-electron chi connectivity index (χ0n) is 17.3. The summed E-state index contributed by atoms with van der Waals surface area (Å²) in [6.45, 7) is 4.59. The van der Waals surface area contributed by atoms with Gasteiger partial charge in [-0.15, -0.1) is 11.3 Å². The molecule has 0 bridgehead atoms. The fourth-order valence-corrected chi connectivity index (χ4v) is 5.11. The third kappa shape index (κ3) is 4.85. The Labute approximate surface area is 177 Å². The largest absolute Gasteiger partial charge is 0.335 e. The summed E-state index contributed by atoms with van der Waals surface area (Å²) in [6, 6.07) is 18.9. The van der Waals surface area contributed by atoms with Crippen molar-refractivity contribution in [2.75, 3.05) is 26.7 Å². The van der Waals surface area contributed by atoms with E-state index in [1.165, 1.54) is 23.1 Å². The predicted molar refractivity (Wildman–Crippen MR) is 120 cm³/mol. The molecule has 1 saturated heterocycles. The van der Waals surface area contributed by atoms with Gasteiger partial charge in [-0.2, -0.15) is 0 Å². The van der Waals surface area contributed by atoms with Crippen LogP contribution in [0, 0.1) is 5.92 Å². The van der Waals surface area contributed by atoms with Crippen LogP contribution in [0.4, 0.5) is 0 Å². The molecule has 4 nitrogen and oxygen atoms in total. The summed E-state index contributed by atoms with van der Waals surface area (Å²) in [5.41, 5.74) is 2.44. The van der Waals surface area contributed by atoms with Crippen molar-refractivity contribution in [3.8, 4) is 0 Å². The Kier molecular flexibility index (Phi) is 6.26. The van der Waals surface area contributed by atoms with E-state index in [0.29, 0.717) is 6.54 Å². The Morgan fingerprint density at radius 2 is 1.83 bits per heavy atom. The zero-order chi connectivity index (χ0) is 20.2. The molecular weight excluding hydrogens is 378 g/mol. The number of benzene rings is 2. The number of piperidine rings is 1. The topological polar surface area (TPSA) is 36.4 Å². The van der Waals surface area contributed by atoms with Crippen LogP contribution in [0.3, 0.4) is 0 Å². The molecule has 2 aromatic carbocycles. The van der Waals surface area contributed by atoms with Crippen molar-refractivity contribution >= 4 is 27.5 Å². The molecule has 0 unspecified atom stereocenters. The molecule has 29 heavy (non-hydrogen) atoms. The monoisotopic (exact) mass is 407 g/mol. The summed E-state index contributed by atoms with van der Waals surface area (Å²) >= 11 is 1.68. The van der Waals surface area contributed by atoms with E-state index in [1.54, 1.807) is 11.3 Å². The zero-order valence-corrected chi connectivity index (χ0v) is 18.1. The smallest absolute Gasteiger partial charge is 0.237 e. The minimum absolute atomic E-state index is 0.00415. The molecule has 1 aliphatic heterocycles. The van der Waals surface area contributed by atoms with Crippen LogP contribution in [0.2, 0.25) is 0 Å². The molecule has 3 aromatic rings. The van der Waals surface area contributed by atoms with Crippen LogP contribution in [0.1, 0.15) is 36.4 Å². The second kappa shape index (κ2) is 9.06. The Bertz CT molecular complexity index is 914. The number of likely N-dealkylation sites (N-methyl/N-ethyl adjacent to an activating group) is 1. The second-order valence-corrected chi connectivity index (χ2v) is 9.17. The Morgan fingerprint density at radius 3 is 2.55 bits per heavy atom. The van der Waals surface area contributed by atoms with Gasteiger partial charge in [-0.3, -0.25) is 9.69 Å². The first-order chi connectivity index (χ1) is 14.1. The van der Waals surface area contributed by atoms with Crippen molar-refractivity contribution in [3.63, 3.8) is 0 Å². The predicted octanol–water partition coefficient (Wildman–Crippen LogP) is 4.77. The van der Waals surface area contributed by atoms with Crippen LogP contribution in [-0.4, -0.2) is 47.4 Å². The van der Waals surface area contributed by atoms with Crippen molar-refractivity contribution in [1.82, 2.24) is 14.8 Å². The first kappa shape index (κ1) is 20.0. The Balaban J connectivity index is 1.29. The molecule has 152 valence electrons. The highest BCUT2D eigenvalue weighted by Gasteiger charge is 2.25. The number of carbonyl (C=O) groups excluding carboxylic acids is 1. The number of thiazole rings is 1. The lowest BCUT2D eigenvalue weighted by Crippen LogP contribution is -2.43. The molecule has 1 fully saturated rings. The van der Waals surface area contributed by atoms with Gasteiger partial charge in [0.25, 0.3) is 0 Å². The molecule has 1 aliphatic rings. The number of nitrogens with zero attached hydrogens (tertiary/aromatic N) is 3. The average molecular weight is 408 g/mol. The number of likely N-dealkylation sites (tertiary alicyclic amines) is 1. The van der Waals surface area contributed by atoms with E-state index in [1.807, 2.05) is 30.1 Å². The van der Waals surface area contributed by atoms with Gasteiger partial charge < -0.3 is 4.90 Å². The van der Waals surface area contributed by atoms with E-state index in [4.69, 9.17) is 4.98 Å². The van der Waals surface area contributed by atoms with Crippen molar-refractivity contribution in [2.24, 2.45) is 5.92 Å². The maximum atomic E-state index is 12.9. The van der Waals surface area contributed by atoms with E-state index in [-0.39, 0.29) is 11.9 Å². The van der Waals surface area contributed by atoms with E-state index in [9.17, 15) is 4.79 Å². The highest BCUT2D eigenvalue weighted by molar-refractivity contribution is 7.18. The summed E-state index contributed by atoms with van der Waals surface area (Å²) in [5.74, 6) is 0.904. The summed E-state index contributed by atoms with van der Waals surface area (Å²) in [4.78, 5) is 21.8. The SMILES string of the molecule is C[C@@H](c1nc2ccccc2s1)N(C)C(=O)CN1CCC(Cc2ccccc2)CC1. The van der Waals surface area contributed by atoms with Crippen LogP contribution in [-0.2, 0) is 11.2 Å². The molecule has 1 aromatic heterocycles. The molecule has 5 heteroatoms. The number of aromatic nitrogens is 1. The lowest BCUT2D eigenvalue weighted by molar-refractivity contribution is -0.133. The van der Waals surface area contributed by atoms with Gasteiger partial charge in [-0.1, -0.05) is 42.5 Å². The molecule has 0 saturated carbocycles. The maximum absolute atomic E-state index is 12.9. The summed E-state index contributed by atoms with van der Waals surface area (Å²) in [7, 11) is 1.90.